The Bertz CT molecular complexity index is 666. The SMILES string of the molecule is Cc1cc(C)n2nc(C(=O)N3CCCC3CO)nc2n1. The second-order valence-corrected chi connectivity index (χ2v) is 5.16. The van der Waals surface area contributed by atoms with Gasteiger partial charge in [0.15, 0.2) is 0 Å². The van der Waals surface area contributed by atoms with Crippen molar-refractivity contribution >= 4 is 11.7 Å². The van der Waals surface area contributed by atoms with Crippen molar-refractivity contribution in [3.05, 3.63) is 23.3 Å². The Labute approximate surface area is 116 Å². The Balaban J connectivity index is 1.98. The fourth-order valence-corrected chi connectivity index (χ4v) is 2.68. The van der Waals surface area contributed by atoms with Gasteiger partial charge in [-0.15, -0.1) is 5.10 Å². The van der Waals surface area contributed by atoms with E-state index < -0.39 is 0 Å². The number of carbonyl (C=O) groups excluding carboxylic acids is 1. The highest BCUT2D eigenvalue weighted by molar-refractivity contribution is 5.91. The second-order valence-electron chi connectivity index (χ2n) is 5.16. The van der Waals surface area contributed by atoms with E-state index in [1.807, 2.05) is 19.9 Å². The fraction of sp³-hybridized carbons (Fsp3) is 0.538. The highest BCUT2D eigenvalue weighted by Gasteiger charge is 2.31. The summed E-state index contributed by atoms with van der Waals surface area (Å²) in [4.78, 5) is 22.6. The molecule has 0 bridgehead atoms. The smallest absolute Gasteiger partial charge is 0.293 e. The minimum atomic E-state index is -0.232. The van der Waals surface area contributed by atoms with Crippen LogP contribution in [0.5, 0.6) is 0 Å². The molecule has 0 spiro atoms. The zero-order valence-electron chi connectivity index (χ0n) is 11.6. The van der Waals surface area contributed by atoms with Crippen molar-refractivity contribution in [3.63, 3.8) is 0 Å². The molecule has 2 aromatic rings. The average molecular weight is 275 g/mol. The van der Waals surface area contributed by atoms with E-state index in [2.05, 4.69) is 15.1 Å². The highest BCUT2D eigenvalue weighted by Crippen LogP contribution is 2.19. The van der Waals surface area contributed by atoms with Gasteiger partial charge in [0.2, 0.25) is 5.82 Å². The Kier molecular flexibility index (Phi) is 3.13. The molecular weight excluding hydrogens is 258 g/mol. The van der Waals surface area contributed by atoms with Gasteiger partial charge in [0.25, 0.3) is 11.7 Å². The van der Waals surface area contributed by atoms with Gasteiger partial charge in [0.1, 0.15) is 0 Å². The molecule has 1 saturated heterocycles. The minimum absolute atomic E-state index is 0.0184. The van der Waals surface area contributed by atoms with Crippen LogP contribution < -0.4 is 0 Å². The Morgan fingerprint density at radius 1 is 1.45 bits per heavy atom. The lowest BCUT2D eigenvalue weighted by molar-refractivity contribution is 0.0665. The van der Waals surface area contributed by atoms with Crippen LogP contribution >= 0.6 is 0 Å². The number of hydrogen-bond acceptors (Lipinski definition) is 5. The molecule has 20 heavy (non-hydrogen) atoms. The zero-order chi connectivity index (χ0) is 14.3. The molecule has 106 valence electrons. The van der Waals surface area contributed by atoms with Gasteiger partial charge in [-0.3, -0.25) is 4.79 Å². The molecule has 7 heteroatoms. The Morgan fingerprint density at radius 2 is 2.25 bits per heavy atom. The van der Waals surface area contributed by atoms with Crippen molar-refractivity contribution in [1.29, 1.82) is 0 Å². The molecule has 0 aliphatic carbocycles. The van der Waals surface area contributed by atoms with Crippen LogP contribution in [0.15, 0.2) is 6.07 Å². The number of aliphatic hydroxyl groups is 1. The highest BCUT2D eigenvalue weighted by atomic mass is 16.3. The number of likely N-dealkylation sites (tertiary alicyclic amines) is 1. The average Bonchev–Trinajstić information content (AvgIpc) is 3.03. The number of rotatable bonds is 2. The van der Waals surface area contributed by atoms with E-state index in [9.17, 15) is 9.90 Å². The third kappa shape index (κ3) is 2.03. The predicted octanol–water partition coefficient (Wildman–Crippen LogP) is 0.338. The van der Waals surface area contributed by atoms with Crippen LogP contribution in [0.4, 0.5) is 0 Å². The fourth-order valence-electron chi connectivity index (χ4n) is 2.68. The lowest BCUT2D eigenvalue weighted by atomic mass is 10.2. The largest absolute Gasteiger partial charge is 0.394 e. The Hall–Kier alpha value is -2.02. The van der Waals surface area contributed by atoms with Gasteiger partial charge in [-0.1, -0.05) is 0 Å². The maximum Gasteiger partial charge on any atom is 0.293 e. The summed E-state index contributed by atoms with van der Waals surface area (Å²) in [5.74, 6) is 0.348. The summed E-state index contributed by atoms with van der Waals surface area (Å²) in [5.41, 5.74) is 1.73. The zero-order valence-corrected chi connectivity index (χ0v) is 11.6. The number of aliphatic hydroxyl groups excluding tert-OH is 1. The number of carbonyl (C=O) groups is 1. The van der Waals surface area contributed by atoms with Gasteiger partial charge in [-0.25, -0.2) is 9.50 Å². The summed E-state index contributed by atoms with van der Waals surface area (Å²) in [6, 6.07) is 1.77. The molecule has 1 aliphatic rings. The standard InChI is InChI=1S/C13H17N5O2/c1-8-6-9(2)18-13(14-8)15-11(16-18)12(20)17-5-3-4-10(17)7-19/h6,10,19H,3-5,7H2,1-2H3. The van der Waals surface area contributed by atoms with E-state index >= 15 is 0 Å². The lowest BCUT2D eigenvalue weighted by Gasteiger charge is -2.21. The number of aryl methyl sites for hydroxylation is 2. The van der Waals surface area contributed by atoms with E-state index in [1.54, 1.807) is 9.42 Å². The van der Waals surface area contributed by atoms with Crippen molar-refractivity contribution in [1.82, 2.24) is 24.5 Å². The molecule has 1 aliphatic heterocycles. The quantitative estimate of drug-likeness (QED) is 0.854. The van der Waals surface area contributed by atoms with Gasteiger partial charge in [-0.2, -0.15) is 4.98 Å². The molecule has 1 atom stereocenters. The van der Waals surface area contributed by atoms with E-state index in [1.165, 1.54) is 0 Å². The van der Waals surface area contributed by atoms with Crippen LogP contribution in [0.25, 0.3) is 5.78 Å². The first-order chi connectivity index (χ1) is 9.60. The van der Waals surface area contributed by atoms with E-state index in [0.29, 0.717) is 12.3 Å². The van der Waals surface area contributed by atoms with Gasteiger partial charge in [0.05, 0.1) is 12.6 Å². The van der Waals surface area contributed by atoms with Crippen LogP contribution in [0.2, 0.25) is 0 Å². The first kappa shape index (κ1) is 13.0. The van der Waals surface area contributed by atoms with Gasteiger partial charge in [-0.05, 0) is 32.8 Å². The molecular formula is C13H17N5O2. The van der Waals surface area contributed by atoms with Gasteiger partial charge >= 0.3 is 0 Å². The second kappa shape index (κ2) is 4.82. The van der Waals surface area contributed by atoms with Crippen LogP contribution in [0.3, 0.4) is 0 Å². The third-order valence-corrected chi connectivity index (χ3v) is 3.66. The van der Waals surface area contributed by atoms with E-state index in [0.717, 1.165) is 24.2 Å². The summed E-state index contributed by atoms with van der Waals surface area (Å²) in [6.07, 6.45) is 1.73. The topological polar surface area (TPSA) is 83.6 Å². The summed E-state index contributed by atoms with van der Waals surface area (Å²) >= 11 is 0. The molecule has 7 nitrogen and oxygen atoms in total. The maximum absolute atomic E-state index is 12.4. The lowest BCUT2D eigenvalue weighted by Crippen LogP contribution is -2.38. The van der Waals surface area contributed by atoms with Crippen molar-refractivity contribution in [2.24, 2.45) is 0 Å². The number of aromatic nitrogens is 4. The van der Waals surface area contributed by atoms with Crippen molar-refractivity contribution in [3.8, 4) is 0 Å². The number of hydrogen-bond donors (Lipinski definition) is 1. The van der Waals surface area contributed by atoms with Gasteiger partial charge < -0.3 is 10.0 Å². The van der Waals surface area contributed by atoms with E-state index in [-0.39, 0.29) is 24.4 Å². The first-order valence-corrected chi connectivity index (χ1v) is 6.73. The van der Waals surface area contributed by atoms with Crippen LogP contribution in [-0.2, 0) is 0 Å². The molecule has 1 amide bonds. The molecule has 0 radical (unpaired) electrons. The van der Waals surface area contributed by atoms with Crippen LogP contribution in [0.1, 0.15) is 34.8 Å². The van der Waals surface area contributed by atoms with E-state index in [4.69, 9.17) is 0 Å². The molecule has 1 N–H and O–H groups in total. The monoisotopic (exact) mass is 275 g/mol. The molecule has 1 fully saturated rings. The maximum atomic E-state index is 12.4. The summed E-state index contributed by atoms with van der Waals surface area (Å²) < 4.78 is 1.57. The molecule has 0 saturated carbocycles. The van der Waals surface area contributed by atoms with Crippen molar-refractivity contribution < 1.29 is 9.90 Å². The summed E-state index contributed by atoms with van der Waals surface area (Å²) in [5, 5.41) is 13.5. The van der Waals surface area contributed by atoms with Crippen LogP contribution in [0, 0.1) is 13.8 Å². The minimum Gasteiger partial charge on any atom is -0.394 e. The van der Waals surface area contributed by atoms with Crippen molar-refractivity contribution in [2.45, 2.75) is 32.7 Å². The van der Waals surface area contributed by atoms with Crippen LogP contribution in [-0.4, -0.2) is 54.7 Å². The first-order valence-electron chi connectivity index (χ1n) is 6.73. The summed E-state index contributed by atoms with van der Waals surface area (Å²) in [6.45, 7) is 4.41. The van der Waals surface area contributed by atoms with Crippen molar-refractivity contribution in [2.75, 3.05) is 13.2 Å². The summed E-state index contributed by atoms with van der Waals surface area (Å²) in [7, 11) is 0. The third-order valence-electron chi connectivity index (χ3n) is 3.66. The molecule has 0 aromatic carbocycles. The number of fused-ring (bicyclic) bond motifs is 1. The number of amides is 1. The molecule has 2 aromatic heterocycles. The Morgan fingerprint density at radius 3 is 3.00 bits per heavy atom. The van der Waals surface area contributed by atoms with Gasteiger partial charge in [0, 0.05) is 17.9 Å². The number of nitrogens with zero attached hydrogens (tertiary/aromatic N) is 5. The normalized spacial score (nSPS) is 18.9. The molecule has 3 rings (SSSR count). The molecule has 3 heterocycles. The predicted molar refractivity (Wildman–Crippen MR) is 71.4 cm³/mol. The molecule has 1 unspecified atom stereocenters.